The standard InChI is InChI=1S/C20H28N4O.ClH/c1-14-7-8-23(19(9-14)12-21)20(25)18-6-4-5-17(11-18)13-24-16(3)10-15(2)22-24;/h4-6,10-11,14,19H,7-9,12-13,21H2,1-3H3;1H. The largest absolute Gasteiger partial charge is 0.334 e. The minimum atomic E-state index is 0. The number of aryl methyl sites for hydroxylation is 2. The van der Waals surface area contributed by atoms with Gasteiger partial charge in [-0.05, 0) is 56.4 Å². The van der Waals surface area contributed by atoms with Crippen molar-refractivity contribution in [1.29, 1.82) is 0 Å². The molecular formula is C20H29ClN4O. The Bertz CT molecular complexity index is 758. The molecule has 142 valence electrons. The number of piperidine rings is 1. The van der Waals surface area contributed by atoms with Gasteiger partial charge >= 0.3 is 0 Å². The van der Waals surface area contributed by atoms with Crippen molar-refractivity contribution < 1.29 is 4.79 Å². The van der Waals surface area contributed by atoms with Gasteiger partial charge in [0.2, 0.25) is 0 Å². The summed E-state index contributed by atoms with van der Waals surface area (Å²) in [6.07, 6.45) is 2.04. The number of amides is 1. The summed E-state index contributed by atoms with van der Waals surface area (Å²) in [5, 5.41) is 4.51. The predicted molar refractivity (Wildman–Crippen MR) is 107 cm³/mol. The van der Waals surface area contributed by atoms with E-state index in [9.17, 15) is 4.79 Å². The van der Waals surface area contributed by atoms with Crippen molar-refractivity contribution in [2.45, 2.75) is 46.2 Å². The molecule has 5 nitrogen and oxygen atoms in total. The summed E-state index contributed by atoms with van der Waals surface area (Å²) in [5.41, 5.74) is 9.89. The first kappa shape index (κ1) is 20.5. The molecule has 1 aliphatic rings. The third-order valence-corrected chi connectivity index (χ3v) is 5.12. The molecule has 2 heterocycles. The highest BCUT2D eigenvalue weighted by Crippen LogP contribution is 2.24. The molecule has 1 amide bonds. The summed E-state index contributed by atoms with van der Waals surface area (Å²) < 4.78 is 1.98. The second-order valence-corrected chi connectivity index (χ2v) is 7.30. The van der Waals surface area contributed by atoms with Gasteiger partial charge in [-0.1, -0.05) is 19.1 Å². The fourth-order valence-electron chi connectivity index (χ4n) is 3.72. The summed E-state index contributed by atoms with van der Waals surface area (Å²) in [4.78, 5) is 15.0. The molecule has 0 spiro atoms. The lowest BCUT2D eigenvalue weighted by molar-refractivity contribution is 0.0573. The lowest BCUT2D eigenvalue weighted by Crippen LogP contribution is -2.49. The number of halogens is 1. The monoisotopic (exact) mass is 376 g/mol. The van der Waals surface area contributed by atoms with Gasteiger partial charge in [-0.15, -0.1) is 12.4 Å². The molecule has 1 aliphatic heterocycles. The van der Waals surface area contributed by atoms with Gasteiger partial charge in [0.25, 0.3) is 5.91 Å². The zero-order chi connectivity index (χ0) is 18.0. The molecule has 26 heavy (non-hydrogen) atoms. The highest BCUT2D eigenvalue weighted by atomic mass is 35.5. The normalized spacial score (nSPS) is 19.9. The lowest BCUT2D eigenvalue weighted by atomic mass is 9.91. The van der Waals surface area contributed by atoms with Crippen LogP contribution in [-0.2, 0) is 6.54 Å². The van der Waals surface area contributed by atoms with E-state index in [1.807, 2.05) is 40.8 Å². The number of benzene rings is 1. The summed E-state index contributed by atoms with van der Waals surface area (Å²) in [7, 11) is 0. The van der Waals surface area contributed by atoms with Crippen molar-refractivity contribution >= 4 is 18.3 Å². The number of hydrogen-bond donors (Lipinski definition) is 1. The van der Waals surface area contributed by atoms with Crippen molar-refractivity contribution in [1.82, 2.24) is 14.7 Å². The molecule has 0 bridgehead atoms. The van der Waals surface area contributed by atoms with Crippen molar-refractivity contribution in [3.63, 3.8) is 0 Å². The third-order valence-electron chi connectivity index (χ3n) is 5.12. The van der Waals surface area contributed by atoms with Crippen molar-refractivity contribution in [3.8, 4) is 0 Å². The number of nitrogens with two attached hydrogens (primary N) is 1. The summed E-state index contributed by atoms with van der Waals surface area (Å²) in [6, 6.07) is 10.1. The number of carbonyl (C=O) groups excluding carboxylic acids is 1. The van der Waals surface area contributed by atoms with E-state index in [0.717, 1.165) is 41.9 Å². The summed E-state index contributed by atoms with van der Waals surface area (Å²) >= 11 is 0. The molecule has 0 aliphatic carbocycles. The first-order valence-corrected chi connectivity index (χ1v) is 9.09. The van der Waals surface area contributed by atoms with Crippen LogP contribution in [-0.4, -0.2) is 39.7 Å². The average Bonchev–Trinajstić information content (AvgIpc) is 2.91. The Kier molecular flexibility index (Phi) is 6.84. The van der Waals surface area contributed by atoms with Gasteiger partial charge in [0.15, 0.2) is 0 Å². The van der Waals surface area contributed by atoms with Crippen LogP contribution in [0.15, 0.2) is 30.3 Å². The molecule has 2 atom stereocenters. The highest BCUT2D eigenvalue weighted by molar-refractivity contribution is 5.94. The number of nitrogens with zero attached hydrogens (tertiary/aromatic N) is 3. The van der Waals surface area contributed by atoms with Gasteiger partial charge in [0.05, 0.1) is 12.2 Å². The molecule has 6 heteroatoms. The van der Waals surface area contributed by atoms with E-state index in [4.69, 9.17) is 5.73 Å². The number of likely N-dealkylation sites (tertiary alicyclic amines) is 1. The molecule has 1 aromatic heterocycles. The van der Waals surface area contributed by atoms with Crippen LogP contribution in [0.25, 0.3) is 0 Å². The topological polar surface area (TPSA) is 64.2 Å². The van der Waals surface area contributed by atoms with Crippen molar-refractivity contribution in [3.05, 3.63) is 52.8 Å². The Morgan fingerprint density at radius 2 is 2.08 bits per heavy atom. The minimum Gasteiger partial charge on any atom is -0.334 e. The number of rotatable bonds is 4. The molecular weight excluding hydrogens is 348 g/mol. The van der Waals surface area contributed by atoms with E-state index in [1.54, 1.807) is 0 Å². The smallest absolute Gasteiger partial charge is 0.254 e. The van der Waals surface area contributed by atoms with E-state index in [0.29, 0.717) is 19.0 Å². The van der Waals surface area contributed by atoms with E-state index in [2.05, 4.69) is 25.0 Å². The van der Waals surface area contributed by atoms with Gasteiger partial charge in [0, 0.05) is 30.4 Å². The van der Waals surface area contributed by atoms with Gasteiger partial charge in [-0.25, -0.2) is 0 Å². The Labute approximate surface area is 162 Å². The van der Waals surface area contributed by atoms with Crippen LogP contribution in [0.3, 0.4) is 0 Å². The van der Waals surface area contributed by atoms with Gasteiger partial charge in [-0.3, -0.25) is 9.48 Å². The van der Waals surface area contributed by atoms with Crippen LogP contribution in [0.5, 0.6) is 0 Å². The van der Waals surface area contributed by atoms with Crippen LogP contribution in [0, 0.1) is 19.8 Å². The molecule has 2 aromatic rings. The fraction of sp³-hybridized carbons (Fsp3) is 0.500. The first-order chi connectivity index (χ1) is 12.0. The Morgan fingerprint density at radius 1 is 1.31 bits per heavy atom. The van der Waals surface area contributed by atoms with Crippen molar-refractivity contribution in [2.75, 3.05) is 13.1 Å². The molecule has 2 unspecified atom stereocenters. The quantitative estimate of drug-likeness (QED) is 0.891. The maximum atomic E-state index is 13.0. The second-order valence-electron chi connectivity index (χ2n) is 7.30. The predicted octanol–water partition coefficient (Wildman–Crippen LogP) is 3.17. The fourth-order valence-corrected chi connectivity index (χ4v) is 3.72. The van der Waals surface area contributed by atoms with Gasteiger partial charge < -0.3 is 10.6 Å². The van der Waals surface area contributed by atoms with E-state index in [1.165, 1.54) is 0 Å². The first-order valence-electron chi connectivity index (χ1n) is 9.09. The average molecular weight is 377 g/mol. The van der Waals surface area contributed by atoms with Gasteiger partial charge in [0.1, 0.15) is 0 Å². The van der Waals surface area contributed by atoms with Gasteiger partial charge in [-0.2, -0.15) is 5.10 Å². The molecule has 1 aromatic carbocycles. The molecule has 0 radical (unpaired) electrons. The second kappa shape index (κ2) is 8.69. The number of aromatic nitrogens is 2. The van der Waals surface area contributed by atoms with E-state index < -0.39 is 0 Å². The van der Waals surface area contributed by atoms with E-state index in [-0.39, 0.29) is 24.4 Å². The summed E-state index contributed by atoms with van der Waals surface area (Å²) in [5.74, 6) is 0.729. The highest BCUT2D eigenvalue weighted by Gasteiger charge is 2.29. The SMILES string of the molecule is Cc1cc(C)n(Cc2cccc(C(=O)N3CCC(C)CC3CN)c2)n1.Cl. The van der Waals surface area contributed by atoms with Crippen LogP contribution >= 0.6 is 12.4 Å². The van der Waals surface area contributed by atoms with Crippen LogP contribution in [0.1, 0.15) is 47.1 Å². The Balaban J connectivity index is 0.00000243. The minimum absolute atomic E-state index is 0. The zero-order valence-corrected chi connectivity index (χ0v) is 16.6. The molecule has 2 N–H and O–H groups in total. The van der Waals surface area contributed by atoms with Crippen LogP contribution < -0.4 is 5.73 Å². The molecule has 3 rings (SSSR count). The molecule has 0 saturated carbocycles. The molecule has 1 saturated heterocycles. The molecule has 1 fully saturated rings. The maximum absolute atomic E-state index is 13.0. The third kappa shape index (κ3) is 4.46. The summed E-state index contributed by atoms with van der Waals surface area (Å²) in [6.45, 7) is 8.28. The lowest BCUT2D eigenvalue weighted by Gasteiger charge is -2.38. The Morgan fingerprint density at radius 3 is 2.73 bits per heavy atom. The zero-order valence-electron chi connectivity index (χ0n) is 15.8. The Hall–Kier alpha value is -1.85. The number of carbonyl (C=O) groups is 1. The number of hydrogen-bond acceptors (Lipinski definition) is 3. The van der Waals surface area contributed by atoms with Crippen LogP contribution in [0.2, 0.25) is 0 Å². The van der Waals surface area contributed by atoms with Crippen molar-refractivity contribution in [2.24, 2.45) is 11.7 Å². The van der Waals surface area contributed by atoms with Crippen LogP contribution in [0.4, 0.5) is 0 Å². The maximum Gasteiger partial charge on any atom is 0.254 e. The van der Waals surface area contributed by atoms with E-state index >= 15 is 0 Å².